The number of anilines is 1. The first-order valence-corrected chi connectivity index (χ1v) is 9.75. The Bertz CT molecular complexity index is 1110. The first-order valence-electron chi connectivity index (χ1n) is 7.80. The van der Waals surface area contributed by atoms with Crippen molar-refractivity contribution in [2.75, 3.05) is 19.4 Å². The number of amides is 1. The molecule has 0 unspecified atom stereocenters. The summed E-state index contributed by atoms with van der Waals surface area (Å²) < 4.78 is 0. The smallest absolute Gasteiger partial charge is 0.266 e. The van der Waals surface area contributed by atoms with Crippen LogP contribution in [0.15, 0.2) is 16.9 Å². The molecule has 142 valence electrons. The van der Waals surface area contributed by atoms with Crippen LogP contribution in [0.25, 0.3) is 10.2 Å². The summed E-state index contributed by atoms with van der Waals surface area (Å²) in [6.07, 6.45) is 0. The molecule has 0 aliphatic heterocycles. The molecule has 0 aliphatic rings. The molecule has 0 spiro atoms. The molecular formula is C17H15Cl3N4O2S. The molecule has 0 radical (unpaired) electrons. The molecule has 0 saturated heterocycles. The van der Waals surface area contributed by atoms with Gasteiger partial charge in [0.25, 0.3) is 11.5 Å². The largest absolute Gasteiger partial charge is 0.320 e. The Morgan fingerprint density at radius 3 is 2.56 bits per heavy atom. The lowest BCUT2D eigenvalue weighted by Crippen LogP contribution is -2.18. The molecule has 0 aliphatic carbocycles. The second-order valence-corrected chi connectivity index (χ2v) is 8.41. The minimum atomic E-state index is -0.399. The lowest BCUT2D eigenvalue weighted by Gasteiger charge is -2.08. The predicted octanol–water partition coefficient (Wildman–Crippen LogP) is 4.57. The highest BCUT2D eigenvalue weighted by Gasteiger charge is 2.20. The van der Waals surface area contributed by atoms with E-state index in [9.17, 15) is 9.59 Å². The van der Waals surface area contributed by atoms with Crippen molar-refractivity contribution in [2.45, 2.75) is 13.5 Å². The number of hydrogen-bond donors (Lipinski definition) is 2. The zero-order valence-electron chi connectivity index (χ0n) is 14.6. The number of benzene rings is 1. The van der Waals surface area contributed by atoms with E-state index in [0.717, 1.165) is 11.3 Å². The van der Waals surface area contributed by atoms with Crippen LogP contribution in [-0.2, 0) is 6.54 Å². The third kappa shape index (κ3) is 4.12. The molecule has 10 heteroatoms. The summed E-state index contributed by atoms with van der Waals surface area (Å²) in [5.41, 5.74) is 0.633. The molecule has 27 heavy (non-hydrogen) atoms. The average molecular weight is 446 g/mol. The molecule has 1 aromatic carbocycles. The topological polar surface area (TPSA) is 78.1 Å². The molecule has 0 fully saturated rings. The molecule has 0 saturated carbocycles. The van der Waals surface area contributed by atoms with Gasteiger partial charge in [-0.2, -0.15) is 0 Å². The molecule has 1 amide bonds. The van der Waals surface area contributed by atoms with Crippen molar-refractivity contribution < 1.29 is 4.79 Å². The first kappa shape index (κ1) is 20.1. The Hall–Kier alpha value is -1.64. The van der Waals surface area contributed by atoms with Gasteiger partial charge >= 0.3 is 0 Å². The van der Waals surface area contributed by atoms with Gasteiger partial charge < -0.3 is 15.2 Å². The number of H-pyrrole nitrogens is 1. The molecule has 2 heterocycles. The quantitative estimate of drug-likeness (QED) is 0.577. The van der Waals surface area contributed by atoms with E-state index in [4.69, 9.17) is 34.8 Å². The van der Waals surface area contributed by atoms with E-state index in [1.54, 1.807) is 6.92 Å². The maximum absolute atomic E-state index is 12.7. The maximum Gasteiger partial charge on any atom is 0.266 e. The van der Waals surface area contributed by atoms with Crippen LogP contribution in [0.3, 0.4) is 0 Å². The standard InChI is InChI=1S/C17H15Cl3N4O2S/c1-7-13-15(25)22-12(6-24(2)3)23-17(13)27-14(7)16(26)21-11-5-9(19)8(18)4-10(11)20/h4-5H,6H2,1-3H3,(H,21,26)(H,22,23,25). The fraction of sp³-hybridized carbons (Fsp3) is 0.235. The highest BCUT2D eigenvalue weighted by atomic mass is 35.5. The third-order valence-electron chi connectivity index (χ3n) is 3.78. The number of carbonyl (C=O) groups is 1. The van der Waals surface area contributed by atoms with Crippen LogP contribution >= 0.6 is 46.1 Å². The third-order valence-corrected chi connectivity index (χ3v) is 6.00. The fourth-order valence-electron chi connectivity index (χ4n) is 2.58. The number of fused-ring (bicyclic) bond motifs is 1. The van der Waals surface area contributed by atoms with Gasteiger partial charge in [-0.05, 0) is 38.7 Å². The van der Waals surface area contributed by atoms with Gasteiger partial charge in [-0.3, -0.25) is 9.59 Å². The number of rotatable bonds is 4. The van der Waals surface area contributed by atoms with Crippen LogP contribution in [-0.4, -0.2) is 34.9 Å². The molecule has 2 N–H and O–H groups in total. The van der Waals surface area contributed by atoms with Crippen molar-refractivity contribution in [1.82, 2.24) is 14.9 Å². The molecule has 3 rings (SSSR count). The molecule has 3 aromatic rings. The van der Waals surface area contributed by atoms with E-state index in [2.05, 4.69) is 15.3 Å². The van der Waals surface area contributed by atoms with Gasteiger partial charge in [-0.15, -0.1) is 11.3 Å². The maximum atomic E-state index is 12.7. The second kappa shape index (κ2) is 7.77. The number of nitrogens with zero attached hydrogens (tertiary/aromatic N) is 2. The highest BCUT2D eigenvalue weighted by molar-refractivity contribution is 7.20. The van der Waals surface area contributed by atoms with Crippen molar-refractivity contribution in [3.05, 3.63) is 53.8 Å². The summed E-state index contributed by atoms with van der Waals surface area (Å²) in [5, 5.41) is 3.95. The first-order chi connectivity index (χ1) is 12.7. The van der Waals surface area contributed by atoms with E-state index in [-0.39, 0.29) is 15.6 Å². The Morgan fingerprint density at radius 2 is 1.89 bits per heavy atom. The minimum absolute atomic E-state index is 0.265. The Morgan fingerprint density at radius 1 is 1.22 bits per heavy atom. The minimum Gasteiger partial charge on any atom is -0.320 e. The molecule has 2 aromatic heterocycles. The molecule has 0 atom stereocenters. The van der Waals surface area contributed by atoms with Gasteiger partial charge in [0.05, 0.1) is 37.6 Å². The van der Waals surface area contributed by atoms with Crippen LogP contribution in [0, 0.1) is 6.92 Å². The van der Waals surface area contributed by atoms with Crippen molar-refractivity contribution in [2.24, 2.45) is 0 Å². The number of aromatic nitrogens is 2. The Kier molecular flexibility index (Phi) is 5.79. The van der Waals surface area contributed by atoms with E-state index in [0.29, 0.717) is 43.7 Å². The summed E-state index contributed by atoms with van der Waals surface area (Å²) >= 11 is 19.2. The van der Waals surface area contributed by atoms with Crippen LogP contribution in [0.2, 0.25) is 15.1 Å². The van der Waals surface area contributed by atoms with E-state index in [1.165, 1.54) is 12.1 Å². The van der Waals surface area contributed by atoms with Gasteiger partial charge in [-0.25, -0.2) is 4.98 Å². The number of carbonyl (C=O) groups excluding carboxylic acids is 1. The van der Waals surface area contributed by atoms with Crippen LogP contribution in [0.1, 0.15) is 21.1 Å². The Labute approximate surface area is 174 Å². The average Bonchev–Trinajstić information content (AvgIpc) is 2.89. The summed E-state index contributed by atoms with van der Waals surface area (Å²) in [7, 11) is 3.76. The van der Waals surface area contributed by atoms with Crippen LogP contribution in [0.4, 0.5) is 5.69 Å². The van der Waals surface area contributed by atoms with E-state index in [1.807, 2.05) is 19.0 Å². The van der Waals surface area contributed by atoms with E-state index < -0.39 is 5.91 Å². The second-order valence-electron chi connectivity index (χ2n) is 6.19. The zero-order valence-corrected chi connectivity index (χ0v) is 17.7. The van der Waals surface area contributed by atoms with Crippen molar-refractivity contribution in [3.8, 4) is 0 Å². The zero-order chi connectivity index (χ0) is 19.9. The fourth-order valence-corrected chi connectivity index (χ4v) is 4.27. The summed E-state index contributed by atoms with van der Waals surface area (Å²) in [5.74, 6) is 0.141. The van der Waals surface area contributed by atoms with E-state index >= 15 is 0 Å². The lowest BCUT2D eigenvalue weighted by atomic mass is 10.2. The SMILES string of the molecule is Cc1c(C(=O)Nc2cc(Cl)c(Cl)cc2Cl)sc2nc(CN(C)C)[nH]c(=O)c12. The van der Waals surface area contributed by atoms with Gasteiger partial charge in [0.15, 0.2) is 0 Å². The number of aryl methyl sites for hydroxylation is 1. The lowest BCUT2D eigenvalue weighted by molar-refractivity contribution is 0.103. The molecule has 0 bridgehead atoms. The summed E-state index contributed by atoms with van der Waals surface area (Å²) in [4.78, 5) is 35.2. The number of nitrogens with one attached hydrogen (secondary N) is 2. The van der Waals surface area contributed by atoms with Crippen LogP contribution < -0.4 is 10.9 Å². The van der Waals surface area contributed by atoms with Gasteiger partial charge in [0, 0.05) is 0 Å². The predicted molar refractivity (Wildman–Crippen MR) is 112 cm³/mol. The van der Waals surface area contributed by atoms with Crippen molar-refractivity contribution in [3.63, 3.8) is 0 Å². The summed E-state index contributed by atoms with van der Waals surface area (Å²) in [6, 6.07) is 2.94. The number of halogens is 3. The van der Waals surface area contributed by atoms with Gasteiger partial charge in [0.2, 0.25) is 0 Å². The van der Waals surface area contributed by atoms with Crippen molar-refractivity contribution >= 4 is 68.0 Å². The normalized spacial score (nSPS) is 11.4. The monoisotopic (exact) mass is 444 g/mol. The summed E-state index contributed by atoms with van der Waals surface area (Å²) in [6.45, 7) is 2.20. The van der Waals surface area contributed by atoms with Gasteiger partial charge in [0.1, 0.15) is 10.7 Å². The highest BCUT2D eigenvalue weighted by Crippen LogP contribution is 2.34. The van der Waals surface area contributed by atoms with Crippen molar-refractivity contribution in [1.29, 1.82) is 0 Å². The molecular weight excluding hydrogens is 431 g/mol. The number of hydrogen-bond acceptors (Lipinski definition) is 5. The van der Waals surface area contributed by atoms with Gasteiger partial charge in [-0.1, -0.05) is 34.8 Å². The van der Waals surface area contributed by atoms with Crippen LogP contribution in [0.5, 0.6) is 0 Å². The number of thiophene rings is 1. The number of aromatic amines is 1. The Balaban J connectivity index is 2.00. The molecule has 6 nitrogen and oxygen atoms in total.